The number of nitrogens with zero attached hydrogens (tertiary/aromatic N) is 1. The molecule has 2 atom stereocenters. The first-order chi connectivity index (χ1) is 7.83. The Labute approximate surface area is 94.6 Å². The van der Waals surface area contributed by atoms with Crippen molar-refractivity contribution in [2.45, 2.75) is 12.8 Å². The molecule has 0 bridgehead atoms. The second-order valence-corrected chi connectivity index (χ2v) is 4.68. The van der Waals surface area contributed by atoms with Crippen molar-refractivity contribution in [3.63, 3.8) is 0 Å². The number of hydrogen-bond donors (Lipinski definition) is 1. The minimum atomic E-state index is -0.402. The summed E-state index contributed by atoms with van der Waals surface area (Å²) in [5, 5.41) is 3.43. The summed E-state index contributed by atoms with van der Waals surface area (Å²) in [6, 6.07) is 3.27. The van der Waals surface area contributed by atoms with Gasteiger partial charge in [0.05, 0.1) is 0 Å². The molecule has 2 heterocycles. The first-order valence-electron chi connectivity index (χ1n) is 5.86. The third-order valence-electron chi connectivity index (χ3n) is 3.69. The summed E-state index contributed by atoms with van der Waals surface area (Å²) in [7, 11) is 0. The zero-order valence-electron chi connectivity index (χ0n) is 9.12. The number of rotatable bonds is 1. The number of nitrogens with one attached hydrogen (secondary N) is 1. The van der Waals surface area contributed by atoms with Crippen molar-refractivity contribution in [1.29, 1.82) is 0 Å². The van der Waals surface area contributed by atoms with Crippen molar-refractivity contribution in [2.24, 2.45) is 11.8 Å². The van der Waals surface area contributed by atoms with Crippen molar-refractivity contribution >= 4 is 5.57 Å². The van der Waals surface area contributed by atoms with Crippen molar-refractivity contribution in [1.82, 2.24) is 10.3 Å². The van der Waals surface area contributed by atoms with Gasteiger partial charge in [0.25, 0.3) is 0 Å². The van der Waals surface area contributed by atoms with Gasteiger partial charge in [0.15, 0.2) is 0 Å². The van der Waals surface area contributed by atoms with Crippen LogP contribution in [0.15, 0.2) is 24.4 Å². The van der Waals surface area contributed by atoms with Crippen molar-refractivity contribution < 1.29 is 4.39 Å². The van der Waals surface area contributed by atoms with E-state index in [1.807, 2.05) is 6.07 Å². The smallest absolute Gasteiger partial charge is 0.212 e. The number of halogens is 1. The van der Waals surface area contributed by atoms with Gasteiger partial charge >= 0.3 is 0 Å². The van der Waals surface area contributed by atoms with E-state index < -0.39 is 5.95 Å². The Hall–Kier alpha value is -1.22. The summed E-state index contributed by atoms with van der Waals surface area (Å²) >= 11 is 0. The van der Waals surface area contributed by atoms with Gasteiger partial charge in [-0.1, -0.05) is 6.08 Å². The van der Waals surface area contributed by atoms with Crippen LogP contribution in [-0.4, -0.2) is 18.1 Å². The Morgan fingerprint density at radius 1 is 1.31 bits per heavy atom. The Balaban J connectivity index is 1.87. The fourth-order valence-corrected chi connectivity index (χ4v) is 2.75. The minimum absolute atomic E-state index is 0.402. The Bertz CT molecular complexity index is 410. The highest BCUT2D eigenvalue weighted by Gasteiger charge is 2.29. The molecular formula is C13H15FN2. The summed E-state index contributed by atoms with van der Waals surface area (Å²) in [6.07, 6.45) is 6.32. The Morgan fingerprint density at radius 3 is 3.06 bits per heavy atom. The minimum Gasteiger partial charge on any atom is -0.316 e. The molecule has 0 unspecified atom stereocenters. The topological polar surface area (TPSA) is 24.9 Å². The highest BCUT2D eigenvalue weighted by molar-refractivity contribution is 5.66. The molecule has 16 heavy (non-hydrogen) atoms. The van der Waals surface area contributed by atoms with Crippen LogP contribution in [0.2, 0.25) is 0 Å². The maximum Gasteiger partial charge on any atom is 0.212 e. The standard InChI is InChI=1S/C13H15FN2/c14-13-4-3-11(8-16-13)9-1-2-10-6-15-7-12(10)5-9/h3-5,8,10,12,15H,1-2,6-7H2/t10-,12+/m1/s1. The van der Waals surface area contributed by atoms with Gasteiger partial charge in [-0.25, -0.2) is 4.98 Å². The first kappa shape index (κ1) is 9.97. The van der Waals surface area contributed by atoms with Gasteiger partial charge in [0, 0.05) is 12.7 Å². The molecule has 1 fully saturated rings. The van der Waals surface area contributed by atoms with E-state index in [2.05, 4.69) is 16.4 Å². The van der Waals surface area contributed by atoms with Crippen molar-refractivity contribution in [3.8, 4) is 0 Å². The van der Waals surface area contributed by atoms with Crippen LogP contribution in [0.4, 0.5) is 4.39 Å². The van der Waals surface area contributed by atoms with Crippen molar-refractivity contribution in [2.75, 3.05) is 13.1 Å². The van der Waals surface area contributed by atoms with E-state index in [1.54, 1.807) is 6.20 Å². The average molecular weight is 218 g/mol. The van der Waals surface area contributed by atoms with E-state index in [1.165, 1.54) is 18.1 Å². The number of fused-ring (bicyclic) bond motifs is 1. The zero-order chi connectivity index (χ0) is 11.0. The summed E-state index contributed by atoms with van der Waals surface area (Å²) in [5.74, 6) is 1.06. The van der Waals surface area contributed by atoms with Crippen LogP contribution < -0.4 is 5.32 Å². The van der Waals surface area contributed by atoms with Crippen LogP contribution in [0.5, 0.6) is 0 Å². The average Bonchev–Trinajstić information content (AvgIpc) is 2.77. The monoisotopic (exact) mass is 218 g/mol. The van der Waals surface area contributed by atoms with Crippen LogP contribution >= 0.6 is 0 Å². The highest BCUT2D eigenvalue weighted by Crippen LogP contribution is 2.35. The molecule has 3 heteroatoms. The van der Waals surface area contributed by atoms with E-state index in [4.69, 9.17) is 0 Å². The molecule has 1 aliphatic heterocycles. The lowest BCUT2D eigenvalue weighted by molar-refractivity contribution is 0.448. The Morgan fingerprint density at radius 2 is 2.25 bits per heavy atom. The quantitative estimate of drug-likeness (QED) is 0.731. The largest absolute Gasteiger partial charge is 0.316 e. The third-order valence-corrected chi connectivity index (χ3v) is 3.69. The number of aromatic nitrogens is 1. The molecular weight excluding hydrogens is 203 g/mol. The van der Waals surface area contributed by atoms with Crippen LogP contribution in [-0.2, 0) is 0 Å². The molecule has 1 saturated heterocycles. The lowest BCUT2D eigenvalue weighted by Gasteiger charge is -2.23. The van der Waals surface area contributed by atoms with Gasteiger partial charge in [-0.05, 0) is 54.5 Å². The summed E-state index contributed by atoms with van der Waals surface area (Å²) in [5.41, 5.74) is 2.41. The lowest BCUT2D eigenvalue weighted by Crippen LogP contribution is -2.15. The molecule has 0 saturated carbocycles. The molecule has 1 aromatic rings. The molecule has 0 amide bonds. The van der Waals surface area contributed by atoms with E-state index in [0.29, 0.717) is 5.92 Å². The van der Waals surface area contributed by atoms with E-state index >= 15 is 0 Å². The molecule has 84 valence electrons. The molecule has 0 aromatic carbocycles. The van der Waals surface area contributed by atoms with E-state index in [-0.39, 0.29) is 0 Å². The third kappa shape index (κ3) is 1.76. The molecule has 0 radical (unpaired) electrons. The summed E-state index contributed by atoms with van der Waals surface area (Å²) < 4.78 is 12.7. The SMILES string of the molecule is Fc1ccc(C2=C[C@H]3CNC[C@H]3CC2)cn1. The van der Waals surface area contributed by atoms with Crippen molar-refractivity contribution in [3.05, 3.63) is 35.9 Å². The van der Waals surface area contributed by atoms with Gasteiger partial charge < -0.3 is 5.32 Å². The van der Waals surface area contributed by atoms with Gasteiger partial charge in [-0.15, -0.1) is 0 Å². The fraction of sp³-hybridized carbons (Fsp3) is 0.462. The highest BCUT2D eigenvalue weighted by atomic mass is 19.1. The predicted molar refractivity (Wildman–Crippen MR) is 61.3 cm³/mol. The van der Waals surface area contributed by atoms with E-state index in [0.717, 1.165) is 31.0 Å². The number of pyridine rings is 1. The lowest BCUT2D eigenvalue weighted by atomic mass is 9.81. The Kier molecular flexibility index (Phi) is 2.48. The van der Waals surface area contributed by atoms with Crippen LogP contribution in [0.3, 0.4) is 0 Å². The molecule has 0 spiro atoms. The normalized spacial score (nSPS) is 28.7. The number of allylic oxidation sites excluding steroid dienone is 1. The first-order valence-corrected chi connectivity index (χ1v) is 5.86. The van der Waals surface area contributed by atoms with Crippen LogP contribution in [0.25, 0.3) is 5.57 Å². The number of hydrogen-bond acceptors (Lipinski definition) is 2. The van der Waals surface area contributed by atoms with Gasteiger partial charge in [0.2, 0.25) is 5.95 Å². The molecule has 2 aliphatic rings. The summed E-state index contributed by atoms with van der Waals surface area (Å²) in [4.78, 5) is 3.72. The molecule has 2 nitrogen and oxygen atoms in total. The maximum absolute atomic E-state index is 12.7. The zero-order valence-corrected chi connectivity index (χ0v) is 9.12. The van der Waals surface area contributed by atoms with Crippen LogP contribution in [0.1, 0.15) is 18.4 Å². The van der Waals surface area contributed by atoms with Gasteiger partial charge in [0.1, 0.15) is 0 Å². The molecule has 1 aliphatic carbocycles. The summed E-state index contributed by atoms with van der Waals surface area (Å²) in [6.45, 7) is 2.24. The van der Waals surface area contributed by atoms with E-state index in [9.17, 15) is 4.39 Å². The van der Waals surface area contributed by atoms with Gasteiger partial charge in [-0.3, -0.25) is 0 Å². The maximum atomic E-state index is 12.7. The molecule has 1 aromatic heterocycles. The molecule has 3 rings (SSSR count). The predicted octanol–water partition coefficient (Wildman–Crippen LogP) is 2.23. The second kappa shape index (κ2) is 3.98. The fourth-order valence-electron chi connectivity index (χ4n) is 2.75. The van der Waals surface area contributed by atoms with Gasteiger partial charge in [-0.2, -0.15) is 4.39 Å². The van der Waals surface area contributed by atoms with Crippen LogP contribution in [0, 0.1) is 17.8 Å². The molecule has 1 N–H and O–H groups in total. The second-order valence-electron chi connectivity index (χ2n) is 4.68.